The smallest absolute Gasteiger partial charge is 0.336 e. The van der Waals surface area contributed by atoms with Gasteiger partial charge in [-0.05, 0) is 53.8 Å². The maximum absolute atomic E-state index is 12.5. The van der Waals surface area contributed by atoms with Gasteiger partial charge < -0.3 is 14.2 Å². The van der Waals surface area contributed by atoms with Crippen molar-refractivity contribution in [2.24, 2.45) is 5.10 Å². The van der Waals surface area contributed by atoms with Crippen LogP contribution in [-0.4, -0.2) is 31.3 Å². The first-order valence-electron chi connectivity index (χ1n) is 11.6. The van der Waals surface area contributed by atoms with Crippen LogP contribution in [0.2, 0.25) is 0 Å². The van der Waals surface area contributed by atoms with E-state index in [0.29, 0.717) is 17.1 Å². The van der Waals surface area contributed by atoms with E-state index in [4.69, 9.17) is 14.2 Å². The Labute approximate surface area is 215 Å². The SMILES string of the molecule is COc1cc(C=NNC(=O)C(C)Oc2cccc3ccccc23)ccc1OC(=O)C=Cc1ccccc1. The topological polar surface area (TPSA) is 86.2 Å². The summed E-state index contributed by atoms with van der Waals surface area (Å²) in [5.41, 5.74) is 4.01. The molecule has 0 aliphatic rings. The van der Waals surface area contributed by atoms with Gasteiger partial charge in [0.05, 0.1) is 13.3 Å². The predicted octanol–water partition coefficient (Wildman–Crippen LogP) is 5.38. The molecule has 0 aliphatic carbocycles. The number of carbonyl (C=O) groups excluding carboxylic acids is 2. The summed E-state index contributed by atoms with van der Waals surface area (Å²) in [6, 6.07) is 27.9. The second-order valence-electron chi connectivity index (χ2n) is 8.05. The van der Waals surface area contributed by atoms with Gasteiger partial charge in [0, 0.05) is 11.5 Å². The number of hydrazone groups is 1. The molecule has 0 aliphatic heterocycles. The molecule has 4 aromatic carbocycles. The third-order valence-electron chi connectivity index (χ3n) is 5.42. The van der Waals surface area contributed by atoms with Crippen LogP contribution in [0.25, 0.3) is 16.8 Å². The molecule has 4 rings (SSSR count). The van der Waals surface area contributed by atoms with Gasteiger partial charge in [-0.15, -0.1) is 0 Å². The van der Waals surface area contributed by atoms with Crippen molar-refractivity contribution in [2.45, 2.75) is 13.0 Å². The van der Waals surface area contributed by atoms with E-state index in [9.17, 15) is 9.59 Å². The lowest BCUT2D eigenvalue weighted by Gasteiger charge is -2.14. The largest absolute Gasteiger partial charge is 0.493 e. The van der Waals surface area contributed by atoms with Gasteiger partial charge >= 0.3 is 5.97 Å². The van der Waals surface area contributed by atoms with Gasteiger partial charge in [0.1, 0.15) is 5.75 Å². The minimum absolute atomic E-state index is 0.267. The van der Waals surface area contributed by atoms with E-state index < -0.39 is 18.0 Å². The normalized spacial score (nSPS) is 11.9. The first-order valence-corrected chi connectivity index (χ1v) is 11.6. The van der Waals surface area contributed by atoms with Crippen molar-refractivity contribution in [3.63, 3.8) is 0 Å². The van der Waals surface area contributed by atoms with Crippen molar-refractivity contribution in [1.29, 1.82) is 0 Å². The summed E-state index contributed by atoms with van der Waals surface area (Å²) in [5, 5.41) is 5.97. The average molecular weight is 495 g/mol. The van der Waals surface area contributed by atoms with Crippen molar-refractivity contribution in [2.75, 3.05) is 7.11 Å². The number of ether oxygens (including phenoxy) is 3. The van der Waals surface area contributed by atoms with Crippen LogP contribution in [0.3, 0.4) is 0 Å². The molecule has 1 unspecified atom stereocenters. The zero-order valence-corrected chi connectivity index (χ0v) is 20.5. The number of hydrogen-bond donors (Lipinski definition) is 1. The molecule has 4 aromatic rings. The number of methoxy groups -OCH3 is 1. The molecule has 0 bridgehead atoms. The van der Waals surface area contributed by atoms with Crippen molar-refractivity contribution >= 4 is 34.9 Å². The van der Waals surface area contributed by atoms with Crippen LogP contribution in [-0.2, 0) is 9.59 Å². The van der Waals surface area contributed by atoms with Crippen LogP contribution in [0.1, 0.15) is 18.1 Å². The fourth-order valence-electron chi connectivity index (χ4n) is 3.52. The lowest BCUT2D eigenvalue weighted by molar-refractivity contribution is -0.129. The Hall–Kier alpha value is -4.91. The maximum atomic E-state index is 12.5. The van der Waals surface area contributed by atoms with Crippen LogP contribution in [0.15, 0.2) is 102 Å². The van der Waals surface area contributed by atoms with Gasteiger partial charge in [-0.1, -0.05) is 66.7 Å². The van der Waals surface area contributed by atoms with Crippen LogP contribution in [0, 0.1) is 0 Å². The van der Waals surface area contributed by atoms with E-state index in [-0.39, 0.29) is 5.75 Å². The molecule has 0 radical (unpaired) electrons. The van der Waals surface area contributed by atoms with Crippen molar-refractivity contribution < 1.29 is 23.8 Å². The summed E-state index contributed by atoms with van der Waals surface area (Å²) in [6.07, 6.45) is 3.72. The number of amides is 1. The number of fused-ring (bicyclic) bond motifs is 1. The zero-order chi connectivity index (χ0) is 26.0. The Bertz CT molecular complexity index is 1440. The van der Waals surface area contributed by atoms with Crippen molar-refractivity contribution in [1.82, 2.24) is 5.43 Å². The number of nitrogens with zero attached hydrogens (tertiary/aromatic N) is 1. The summed E-state index contributed by atoms with van der Waals surface area (Å²) in [5.74, 6) is 0.314. The molecule has 186 valence electrons. The molecule has 1 N–H and O–H groups in total. The molecule has 7 heteroatoms. The molecule has 0 saturated carbocycles. The van der Waals surface area contributed by atoms with Crippen LogP contribution < -0.4 is 19.6 Å². The van der Waals surface area contributed by atoms with E-state index in [1.807, 2.05) is 72.8 Å². The molecule has 0 spiro atoms. The zero-order valence-electron chi connectivity index (χ0n) is 20.5. The third kappa shape index (κ3) is 6.82. The highest BCUT2D eigenvalue weighted by atomic mass is 16.6. The van der Waals surface area contributed by atoms with E-state index >= 15 is 0 Å². The molecule has 1 amide bonds. The number of hydrogen-bond acceptors (Lipinski definition) is 6. The Balaban J connectivity index is 1.34. The molecule has 1 atom stereocenters. The van der Waals surface area contributed by atoms with E-state index in [2.05, 4.69) is 10.5 Å². The first kappa shape index (κ1) is 25.2. The summed E-state index contributed by atoms with van der Waals surface area (Å²) >= 11 is 0. The Morgan fingerprint density at radius 2 is 1.59 bits per heavy atom. The van der Waals surface area contributed by atoms with Gasteiger partial charge in [-0.3, -0.25) is 4.79 Å². The highest BCUT2D eigenvalue weighted by molar-refractivity contribution is 5.90. The highest BCUT2D eigenvalue weighted by Crippen LogP contribution is 2.28. The molecule has 0 aromatic heterocycles. The average Bonchev–Trinajstić information content (AvgIpc) is 2.93. The molecule has 37 heavy (non-hydrogen) atoms. The first-order chi connectivity index (χ1) is 18.0. The molecule has 7 nitrogen and oxygen atoms in total. The number of carbonyl (C=O) groups is 2. The molecular formula is C30H26N2O5. The minimum Gasteiger partial charge on any atom is -0.493 e. The lowest BCUT2D eigenvalue weighted by Crippen LogP contribution is -2.33. The number of rotatable bonds is 9. The molecular weight excluding hydrogens is 468 g/mol. The standard InChI is InChI=1S/C30H26N2O5/c1-21(36-26-14-8-12-24-11-6-7-13-25(24)26)30(34)32-31-20-23-15-17-27(28(19-23)35-2)37-29(33)18-16-22-9-4-3-5-10-22/h3-21H,1-2H3,(H,32,34). The van der Waals surface area contributed by atoms with Crippen LogP contribution in [0.5, 0.6) is 17.2 Å². The molecule has 0 heterocycles. The fourth-order valence-corrected chi connectivity index (χ4v) is 3.52. The Morgan fingerprint density at radius 1 is 0.838 bits per heavy atom. The fraction of sp³-hybridized carbons (Fsp3) is 0.100. The van der Waals surface area contributed by atoms with E-state index in [0.717, 1.165) is 16.3 Å². The van der Waals surface area contributed by atoms with Crippen molar-refractivity contribution in [3.8, 4) is 17.2 Å². The monoisotopic (exact) mass is 494 g/mol. The van der Waals surface area contributed by atoms with Gasteiger partial charge in [0.25, 0.3) is 5.91 Å². The maximum Gasteiger partial charge on any atom is 0.336 e. The number of nitrogens with one attached hydrogen (secondary N) is 1. The molecule has 0 fully saturated rings. The predicted molar refractivity (Wildman–Crippen MR) is 144 cm³/mol. The van der Waals surface area contributed by atoms with Crippen LogP contribution in [0.4, 0.5) is 0 Å². The second kappa shape index (κ2) is 12.2. The quantitative estimate of drug-likeness (QED) is 0.111. The number of esters is 1. The van der Waals surface area contributed by atoms with Crippen LogP contribution >= 0.6 is 0 Å². The van der Waals surface area contributed by atoms with Gasteiger partial charge in [0.2, 0.25) is 0 Å². The van der Waals surface area contributed by atoms with Gasteiger partial charge in [0.15, 0.2) is 17.6 Å². The van der Waals surface area contributed by atoms with E-state index in [1.165, 1.54) is 19.4 Å². The highest BCUT2D eigenvalue weighted by Gasteiger charge is 2.15. The summed E-state index contributed by atoms with van der Waals surface area (Å²) in [7, 11) is 1.47. The second-order valence-corrected chi connectivity index (χ2v) is 8.05. The Morgan fingerprint density at radius 3 is 2.41 bits per heavy atom. The minimum atomic E-state index is -0.761. The summed E-state index contributed by atoms with van der Waals surface area (Å²) < 4.78 is 16.6. The third-order valence-corrected chi connectivity index (χ3v) is 5.42. The van der Waals surface area contributed by atoms with Gasteiger partial charge in [-0.2, -0.15) is 5.10 Å². The summed E-state index contributed by atoms with van der Waals surface area (Å²) in [4.78, 5) is 24.7. The lowest BCUT2D eigenvalue weighted by atomic mass is 10.1. The van der Waals surface area contributed by atoms with E-state index in [1.54, 1.807) is 31.2 Å². The summed E-state index contributed by atoms with van der Waals surface area (Å²) in [6.45, 7) is 1.66. The number of benzene rings is 4. The molecule has 0 saturated heterocycles. The van der Waals surface area contributed by atoms with Crippen molar-refractivity contribution in [3.05, 3.63) is 108 Å². The Kier molecular flexibility index (Phi) is 8.29. The van der Waals surface area contributed by atoms with Gasteiger partial charge in [-0.25, -0.2) is 10.2 Å².